The van der Waals surface area contributed by atoms with Gasteiger partial charge in [0.2, 0.25) is 6.41 Å². The number of rotatable bonds is 7. The number of benzene rings is 1. The van der Waals surface area contributed by atoms with Crippen LogP contribution in [0.15, 0.2) is 18.2 Å². The third-order valence-electron chi connectivity index (χ3n) is 2.48. The van der Waals surface area contributed by atoms with Crippen molar-refractivity contribution in [3.63, 3.8) is 0 Å². The van der Waals surface area contributed by atoms with E-state index < -0.39 is 11.8 Å². The molecule has 0 saturated carbocycles. The normalized spacial score (nSPS) is 11.9. The van der Waals surface area contributed by atoms with Crippen LogP contribution in [0.3, 0.4) is 0 Å². The van der Waals surface area contributed by atoms with Crippen molar-refractivity contribution in [3.8, 4) is 0 Å². The molecule has 0 bridgehead atoms. The van der Waals surface area contributed by atoms with Crippen LogP contribution >= 0.6 is 11.6 Å². The van der Waals surface area contributed by atoms with Gasteiger partial charge in [-0.3, -0.25) is 9.59 Å². The van der Waals surface area contributed by atoms with E-state index in [2.05, 4.69) is 5.32 Å². The van der Waals surface area contributed by atoms with Gasteiger partial charge in [0.05, 0.1) is 5.02 Å². The van der Waals surface area contributed by atoms with E-state index in [1.165, 1.54) is 12.1 Å². The van der Waals surface area contributed by atoms with E-state index >= 15 is 0 Å². The second-order valence-corrected chi connectivity index (χ2v) is 4.27. The number of aliphatic carboxylic acids is 1. The topological polar surface area (TPSA) is 66.4 Å². The molecule has 1 rings (SSSR count). The number of amides is 1. The number of carbonyl (C=O) groups excluding carboxylic acids is 1. The third-order valence-corrected chi connectivity index (χ3v) is 2.77. The molecule has 0 saturated heterocycles. The summed E-state index contributed by atoms with van der Waals surface area (Å²) in [6.07, 6.45) is 1.20. The molecule has 4 nitrogen and oxygen atoms in total. The maximum Gasteiger partial charge on any atom is 0.303 e. The van der Waals surface area contributed by atoms with Gasteiger partial charge in [-0.2, -0.15) is 0 Å². The molecule has 0 fully saturated rings. The van der Waals surface area contributed by atoms with Gasteiger partial charge >= 0.3 is 5.97 Å². The lowest BCUT2D eigenvalue weighted by Crippen LogP contribution is -2.30. The number of carbonyl (C=O) groups is 2. The van der Waals surface area contributed by atoms with Gasteiger partial charge in [0.1, 0.15) is 5.82 Å². The summed E-state index contributed by atoms with van der Waals surface area (Å²) in [4.78, 5) is 20.9. The minimum Gasteiger partial charge on any atom is -0.481 e. The Morgan fingerprint density at radius 1 is 1.56 bits per heavy atom. The van der Waals surface area contributed by atoms with Gasteiger partial charge < -0.3 is 10.4 Å². The summed E-state index contributed by atoms with van der Waals surface area (Å²) in [6.45, 7) is 0. The van der Waals surface area contributed by atoms with E-state index in [9.17, 15) is 14.0 Å². The molecule has 1 atom stereocenters. The molecule has 0 spiro atoms. The average Bonchev–Trinajstić information content (AvgIpc) is 2.31. The molecule has 2 N–H and O–H groups in total. The number of hydrogen-bond acceptors (Lipinski definition) is 2. The Hall–Kier alpha value is -1.62. The fraction of sp³-hybridized carbons (Fsp3) is 0.333. The zero-order chi connectivity index (χ0) is 13.5. The Morgan fingerprint density at radius 2 is 2.28 bits per heavy atom. The summed E-state index contributed by atoms with van der Waals surface area (Å²) in [5, 5.41) is 11.1. The highest BCUT2D eigenvalue weighted by Crippen LogP contribution is 2.17. The zero-order valence-corrected chi connectivity index (χ0v) is 10.3. The van der Waals surface area contributed by atoms with Crippen molar-refractivity contribution in [1.29, 1.82) is 0 Å². The van der Waals surface area contributed by atoms with Crippen LogP contribution in [0.4, 0.5) is 4.39 Å². The fourth-order valence-electron chi connectivity index (χ4n) is 1.59. The van der Waals surface area contributed by atoms with Gasteiger partial charge in [-0.1, -0.05) is 17.7 Å². The summed E-state index contributed by atoms with van der Waals surface area (Å²) in [5.41, 5.74) is 0.742. The van der Waals surface area contributed by atoms with E-state index in [4.69, 9.17) is 16.7 Å². The van der Waals surface area contributed by atoms with E-state index in [0.717, 1.165) is 5.56 Å². The largest absolute Gasteiger partial charge is 0.481 e. The first-order chi connectivity index (χ1) is 8.52. The lowest BCUT2D eigenvalue weighted by atomic mass is 10.0. The fourth-order valence-corrected chi connectivity index (χ4v) is 1.79. The van der Waals surface area contributed by atoms with Crippen LogP contribution < -0.4 is 5.32 Å². The highest BCUT2D eigenvalue weighted by molar-refractivity contribution is 6.30. The minimum absolute atomic E-state index is 0.00980. The number of halogens is 2. The number of carboxylic acids is 1. The molecule has 0 heterocycles. The second kappa shape index (κ2) is 6.96. The van der Waals surface area contributed by atoms with Gasteiger partial charge in [-0.25, -0.2) is 4.39 Å². The smallest absolute Gasteiger partial charge is 0.303 e. The van der Waals surface area contributed by atoms with Crippen LogP contribution in [0.5, 0.6) is 0 Å². The first kappa shape index (κ1) is 14.4. The van der Waals surface area contributed by atoms with Crippen LogP contribution in [-0.2, 0) is 16.0 Å². The molecule has 0 aromatic heterocycles. The molecular formula is C12H13ClFNO3. The molecule has 0 aliphatic carbocycles. The molecule has 1 aromatic rings. The standard InChI is InChI=1S/C12H13ClFNO3/c13-10-6-8(1-3-11(10)14)5-9(15-7-16)2-4-12(17)18/h1,3,6-7,9H,2,4-5H2,(H,15,16)(H,17,18). The molecule has 0 aliphatic rings. The Morgan fingerprint density at radius 3 is 2.83 bits per heavy atom. The Labute approximate surface area is 109 Å². The number of hydrogen-bond donors (Lipinski definition) is 2. The Bertz CT molecular complexity index is 439. The van der Waals surface area contributed by atoms with E-state index in [1.807, 2.05) is 0 Å². The lowest BCUT2D eigenvalue weighted by molar-refractivity contribution is -0.137. The molecule has 98 valence electrons. The summed E-state index contributed by atoms with van der Waals surface area (Å²) in [7, 11) is 0. The van der Waals surface area contributed by atoms with Crippen molar-refractivity contribution >= 4 is 24.0 Å². The van der Waals surface area contributed by atoms with Crippen molar-refractivity contribution in [3.05, 3.63) is 34.6 Å². The van der Waals surface area contributed by atoms with Gasteiger partial charge in [-0.15, -0.1) is 0 Å². The monoisotopic (exact) mass is 273 g/mol. The molecule has 1 aromatic carbocycles. The predicted molar refractivity (Wildman–Crippen MR) is 65.0 cm³/mol. The molecule has 1 unspecified atom stereocenters. The molecular weight excluding hydrogens is 261 g/mol. The minimum atomic E-state index is -0.926. The van der Waals surface area contributed by atoms with Crippen LogP contribution in [-0.4, -0.2) is 23.5 Å². The summed E-state index contributed by atoms with van der Waals surface area (Å²) in [6, 6.07) is 3.96. The summed E-state index contributed by atoms with van der Waals surface area (Å²) in [5.74, 6) is -1.43. The van der Waals surface area contributed by atoms with Crippen LogP contribution in [0.25, 0.3) is 0 Å². The molecule has 0 aliphatic heterocycles. The third kappa shape index (κ3) is 4.71. The maximum atomic E-state index is 13.0. The quantitative estimate of drug-likeness (QED) is 0.747. The maximum absolute atomic E-state index is 13.0. The van der Waals surface area contributed by atoms with E-state index in [1.54, 1.807) is 6.07 Å². The van der Waals surface area contributed by atoms with Gasteiger partial charge in [0.15, 0.2) is 0 Å². The van der Waals surface area contributed by atoms with E-state index in [-0.39, 0.29) is 17.5 Å². The van der Waals surface area contributed by atoms with Crippen molar-refractivity contribution < 1.29 is 19.1 Å². The van der Waals surface area contributed by atoms with Crippen LogP contribution in [0, 0.1) is 5.82 Å². The first-order valence-electron chi connectivity index (χ1n) is 5.38. The molecule has 1 amide bonds. The predicted octanol–water partition coefficient (Wildman–Crippen LogP) is 2.00. The Balaban J connectivity index is 2.66. The number of carboxylic acid groups (broad SMARTS) is 1. The lowest BCUT2D eigenvalue weighted by Gasteiger charge is -2.15. The van der Waals surface area contributed by atoms with Crippen molar-refractivity contribution in [2.45, 2.75) is 25.3 Å². The Kier molecular flexibility index (Phi) is 5.58. The van der Waals surface area contributed by atoms with Crippen molar-refractivity contribution in [2.75, 3.05) is 0 Å². The van der Waals surface area contributed by atoms with Gasteiger partial charge in [-0.05, 0) is 30.5 Å². The van der Waals surface area contributed by atoms with Crippen LogP contribution in [0.1, 0.15) is 18.4 Å². The zero-order valence-electron chi connectivity index (χ0n) is 9.53. The highest BCUT2D eigenvalue weighted by Gasteiger charge is 2.12. The van der Waals surface area contributed by atoms with Crippen molar-refractivity contribution in [1.82, 2.24) is 5.32 Å². The number of nitrogens with one attached hydrogen (secondary N) is 1. The van der Waals surface area contributed by atoms with Gasteiger partial charge in [0, 0.05) is 12.5 Å². The SMILES string of the molecule is O=CNC(CCC(=O)O)Cc1ccc(F)c(Cl)c1. The first-order valence-corrected chi connectivity index (χ1v) is 5.76. The molecule has 18 heavy (non-hydrogen) atoms. The van der Waals surface area contributed by atoms with E-state index in [0.29, 0.717) is 19.3 Å². The molecule has 0 radical (unpaired) electrons. The average molecular weight is 274 g/mol. The summed E-state index contributed by atoms with van der Waals surface area (Å²) >= 11 is 5.64. The van der Waals surface area contributed by atoms with Crippen LogP contribution in [0.2, 0.25) is 5.02 Å². The molecule has 6 heteroatoms. The second-order valence-electron chi connectivity index (χ2n) is 3.87. The summed E-state index contributed by atoms with van der Waals surface area (Å²) < 4.78 is 13.0. The van der Waals surface area contributed by atoms with Gasteiger partial charge in [0.25, 0.3) is 0 Å². The van der Waals surface area contributed by atoms with Crippen molar-refractivity contribution in [2.24, 2.45) is 0 Å². The highest BCUT2D eigenvalue weighted by atomic mass is 35.5.